The highest BCUT2D eigenvalue weighted by molar-refractivity contribution is 6.03. The number of methoxy groups -OCH3 is 1. The zero-order valence-corrected chi connectivity index (χ0v) is 15.7. The number of hydrogen-bond donors (Lipinski definition) is 0. The number of ether oxygens (including phenoxy) is 3. The topological polar surface area (TPSA) is 61.8 Å². The Hall–Kier alpha value is -1.88. The molecule has 0 radical (unpaired) electrons. The van der Waals surface area contributed by atoms with Gasteiger partial charge in [0.25, 0.3) is 0 Å². The number of rotatable bonds is 11. The molecule has 1 aromatic rings. The molecule has 1 rings (SSSR count). The third kappa shape index (κ3) is 7.26. The van der Waals surface area contributed by atoms with Gasteiger partial charge in [-0.2, -0.15) is 0 Å². The molecule has 0 saturated carbocycles. The first kappa shape index (κ1) is 21.2. The van der Waals surface area contributed by atoms with Crippen LogP contribution in [0.4, 0.5) is 0 Å². The summed E-state index contributed by atoms with van der Waals surface area (Å²) in [5, 5.41) is 0. The Balaban J connectivity index is 2.71. The number of carbonyl (C=O) groups excluding carboxylic acids is 2. The highest BCUT2D eigenvalue weighted by atomic mass is 16.5. The van der Waals surface area contributed by atoms with Crippen LogP contribution in [0.15, 0.2) is 24.3 Å². The van der Waals surface area contributed by atoms with Crippen LogP contribution in [0.3, 0.4) is 0 Å². The summed E-state index contributed by atoms with van der Waals surface area (Å²) in [4.78, 5) is 24.7. The molecule has 0 amide bonds. The second-order valence-corrected chi connectivity index (χ2v) is 6.26. The van der Waals surface area contributed by atoms with Gasteiger partial charge in [0.1, 0.15) is 6.10 Å². The molecule has 5 heteroatoms. The molecule has 25 heavy (non-hydrogen) atoms. The van der Waals surface area contributed by atoms with E-state index in [1.54, 1.807) is 31.4 Å². The Morgan fingerprint density at radius 2 is 1.64 bits per heavy atom. The molecule has 0 aromatic heterocycles. The van der Waals surface area contributed by atoms with Crippen molar-refractivity contribution in [1.29, 1.82) is 0 Å². The highest BCUT2D eigenvalue weighted by Gasteiger charge is 2.22. The fraction of sp³-hybridized carbons (Fsp3) is 0.600. The van der Waals surface area contributed by atoms with Crippen molar-refractivity contribution in [2.24, 2.45) is 5.92 Å². The molecule has 0 aliphatic heterocycles. The number of hydrogen-bond acceptors (Lipinski definition) is 5. The van der Waals surface area contributed by atoms with Gasteiger partial charge in [-0.25, -0.2) is 9.59 Å². The van der Waals surface area contributed by atoms with Crippen molar-refractivity contribution in [3.63, 3.8) is 0 Å². The van der Waals surface area contributed by atoms with Crippen molar-refractivity contribution in [1.82, 2.24) is 0 Å². The molecule has 0 bridgehead atoms. The van der Waals surface area contributed by atoms with Crippen molar-refractivity contribution in [2.75, 3.05) is 20.3 Å². The monoisotopic (exact) mass is 350 g/mol. The highest BCUT2D eigenvalue weighted by Crippen LogP contribution is 2.17. The van der Waals surface area contributed by atoms with E-state index >= 15 is 0 Å². The lowest BCUT2D eigenvalue weighted by molar-refractivity contribution is 0.0168. The first-order valence-electron chi connectivity index (χ1n) is 8.97. The van der Waals surface area contributed by atoms with Gasteiger partial charge >= 0.3 is 11.9 Å². The van der Waals surface area contributed by atoms with E-state index in [4.69, 9.17) is 14.2 Å². The van der Waals surface area contributed by atoms with Crippen LogP contribution in [0.5, 0.6) is 0 Å². The predicted molar refractivity (Wildman–Crippen MR) is 96.8 cm³/mol. The van der Waals surface area contributed by atoms with E-state index < -0.39 is 11.9 Å². The van der Waals surface area contributed by atoms with Crippen LogP contribution in [0.1, 0.15) is 67.2 Å². The molecule has 0 aliphatic carbocycles. The summed E-state index contributed by atoms with van der Waals surface area (Å²) < 4.78 is 15.8. The van der Waals surface area contributed by atoms with E-state index in [9.17, 15) is 9.59 Å². The summed E-state index contributed by atoms with van der Waals surface area (Å²) in [7, 11) is 1.64. The molecule has 0 aliphatic rings. The third-order valence-electron chi connectivity index (χ3n) is 4.22. The van der Waals surface area contributed by atoms with Crippen molar-refractivity contribution in [2.45, 2.75) is 52.6 Å². The molecule has 0 saturated heterocycles. The number of benzene rings is 1. The predicted octanol–water partition coefficient (Wildman–Crippen LogP) is 4.25. The second kappa shape index (κ2) is 11.6. The Labute approximate surface area is 150 Å². The van der Waals surface area contributed by atoms with Crippen LogP contribution in [-0.2, 0) is 14.2 Å². The lowest BCUT2D eigenvalue weighted by Gasteiger charge is -2.20. The first-order chi connectivity index (χ1) is 12.0. The van der Waals surface area contributed by atoms with Gasteiger partial charge in [-0.05, 0) is 37.8 Å². The van der Waals surface area contributed by atoms with E-state index in [1.807, 2.05) is 13.8 Å². The van der Waals surface area contributed by atoms with Gasteiger partial charge in [-0.1, -0.05) is 38.8 Å². The molecule has 5 nitrogen and oxygen atoms in total. The summed E-state index contributed by atoms with van der Waals surface area (Å²) >= 11 is 0. The summed E-state index contributed by atoms with van der Waals surface area (Å²) in [6.45, 7) is 6.92. The molecular formula is C20H30O5. The van der Waals surface area contributed by atoms with Crippen molar-refractivity contribution >= 4 is 11.9 Å². The maximum Gasteiger partial charge on any atom is 0.339 e. The average molecular weight is 350 g/mol. The minimum atomic E-state index is -0.502. The third-order valence-corrected chi connectivity index (χ3v) is 4.22. The molecule has 0 heterocycles. The number of unbranched alkanes of at least 4 members (excludes halogenated alkanes) is 2. The first-order valence-corrected chi connectivity index (χ1v) is 8.97. The summed E-state index contributed by atoms with van der Waals surface area (Å²) in [5.41, 5.74) is 0.495. The molecule has 140 valence electrons. The SMILES string of the molecule is CCCCCOC(=O)c1ccccc1C(=O)OC(C)C(C)CCOC. The smallest absolute Gasteiger partial charge is 0.339 e. The fourth-order valence-corrected chi connectivity index (χ4v) is 2.32. The van der Waals surface area contributed by atoms with Crippen molar-refractivity contribution in [3.05, 3.63) is 35.4 Å². The van der Waals surface area contributed by atoms with Gasteiger partial charge in [-0.3, -0.25) is 0 Å². The van der Waals surface area contributed by atoms with Crippen LogP contribution in [-0.4, -0.2) is 38.4 Å². The second-order valence-electron chi connectivity index (χ2n) is 6.26. The molecular weight excluding hydrogens is 320 g/mol. The number of carbonyl (C=O) groups is 2. The zero-order chi connectivity index (χ0) is 18.7. The average Bonchev–Trinajstić information content (AvgIpc) is 2.62. The molecule has 0 spiro atoms. The largest absolute Gasteiger partial charge is 0.462 e. The minimum Gasteiger partial charge on any atom is -0.462 e. The lowest BCUT2D eigenvalue weighted by atomic mass is 10.0. The van der Waals surface area contributed by atoms with Crippen LogP contribution >= 0.6 is 0 Å². The molecule has 1 aromatic carbocycles. The zero-order valence-electron chi connectivity index (χ0n) is 15.7. The van der Waals surface area contributed by atoms with Gasteiger partial charge in [0, 0.05) is 13.7 Å². The Kier molecular flexibility index (Phi) is 9.85. The Morgan fingerprint density at radius 1 is 1.00 bits per heavy atom. The van der Waals surface area contributed by atoms with Crippen LogP contribution in [0.25, 0.3) is 0 Å². The minimum absolute atomic E-state index is 0.164. The quantitative estimate of drug-likeness (QED) is 0.441. The van der Waals surface area contributed by atoms with E-state index in [0.29, 0.717) is 13.2 Å². The summed E-state index contributed by atoms with van der Waals surface area (Å²) in [6.07, 6.45) is 3.42. The van der Waals surface area contributed by atoms with Gasteiger partial charge in [-0.15, -0.1) is 0 Å². The van der Waals surface area contributed by atoms with E-state index in [0.717, 1.165) is 25.7 Å². The molecule has 0 fully saturated rings. The molecule has 2 unspecified atom stereocenters. The lowest BCUT2D eigenvalue weighted by Crippen LogP contribution is -2.24. The summed E-state index contributed by atoms with van der Waals surface area (Å²) in [6, 6.07) is 6.61. The standard InChI is InChI=1S/C20H30O5/c1-5-6-9-13-24-19(21)17-10-7-8-11-18(17)20(22)25-16(3)15(2)12-14-23-4/h7-8,10-11,15-16H,5-6,9,12-14H2,1-4H3. The van der Waals surface area contributed by atoms with E-state index in [2.05, 4.69) is 6.92 Å². The summed E-state index contributed by atoms with van der Waals surface area (Å²) in [5.74, 6) is -0.821. The van der Waals surface area contributed by atoms with E-state index in [-0.39, 0.29) is 23.1 Å². The fourth-order valence-electron chi connectivity index (χ4n) is 2.32. The maximum absolute atomic E-state index is 12.5. The van der Waals surface area contributed by atoms with Crippen molar-refractivity contribution in [3.8, 4) is 0 Å². The molecule has 0 N–H and O–H groups in total. The van der Waals surface area contributed by atoms with Gasteiger partial charge in [0.05, 0.1) is 17.7 Å². The van der Waals surface area contributed by atoms with Crippen LogP contribution < -0.4 is 0 Å². The van der Waals surface area contributed by atoms with Crippen LogP contribution in [0, 0.1) is 5.92 Å². The van der Waals surface area contributed by atoms with Gasteiger partial charge in [0.2, 0.25) is 0 Å². The number of esters is 2. The molecule has 2 atom stereocenters. The maximum atomic E-state index is 12.5. The van der Waals surface area contributed by atoms with Gasteiger partial charge in [0.15, 0.2) is 0 Å². The Morgan fingerprint density at radius 3 is 2.24 bits per heavy atom. The normalized spacial score (nSPS) is 13.1. The van der Waals surface area contributed by atoms with Gasteiger partial charge < -0.3 is 14.2 Å². The van der Waals surface area contributed by atoms with E-state index in [1.165, 1.54) is 0 Å². The Bertz CT molecular complexity index is 541. The van der Waals surface area contributed by atoms with Crippen molar-refractivity contribution < 1.29 is 23.8 Å². The van der Waals surface area contributed by atoms with Crippen LogP contribution in [0.2, 0.25) is 0 Å².